The van der Waals surface area contributed by atoms with E-state index in [4.69, 9.17) is 4.74 Å². The Morgan fingerprint density at radius 2 is 2.05 bits per heavy atom. The molecule has 0 bridgehead atoms. The lowest BCUT2D eigenvalue weighted by Gasteiger charge is -2.35. The summed E-state index contributed by atoms with van der Waals surface area (Å²) in [5.74, 6) is -0.340. The van der Waals surface area contributed by atoms with Gasteiger partial charge in [0.2, 0.25) is 21.8 Å². The number of ether oxygens (including phenoxy) is 1. The van der Waals surface area contributed by atoms with Gasteiger partial charge in [0.25, 0.3) is 0 Å². The first-order valence-electron chi connectivity index (χ1n) is 12.9. The first kappa shape index (κ1) is 28.0. The number of carbonyl (C=O) groups is 2. The number of hydrogen-bond donors (Lipinski definition) is 3. The van der Waals surface area contributed by atoms with Gasteiger partial charge in [-0.25, -0.2) is 12.8 Å². The molecule has 3 N–H and O–H groups in total. The molecule has 2 fully saturated rings. The normalized spacial score (nSPS) is 21.1. The fourth-order valence-corrected chi connectivity index (χ4v) is 6.62. The molecule has 2 aromatic rings. The van der Waals surface area contributed by atoms with Crippen molar-refractivity contribution in [3.8, 4) is 5.75 Å². The zero-order valence-electron chi connectivity index (χ0n) is 21.7. The minimum absolute atomic E-state index is 0.0155. The van der Waals surface area contributed by atoms with Crippen LogP contribution in [0.5, 0.6) is 5.75 Å². The molecule has 0 aliphatic carbocycles. The Balaban J connectivity index is 1.42. The molecule has 38 heavy (non-hydrogen) atoms. The second-order valence-corrected chi connectivity index (χ2v) is 12.0. The SMILES string of the molecule is CC(=O)N[C@@H](Cc1cc(F)cc(OC[C@H]2CCC(=O)N2)c1)C[C@H]1CN(S(=O)(=O)c2cccc(C)c2)CCN1. The molecule has 2 aliphatic rings. The molecule has 11 heteroatoms. The van der Waals surface area contributed by atoms with E-state index in [1.165, 1.54) is 23.4 Å². The van der Waals surface area contributed by atoms with Gasteiger partial charge in [-0.2, -0.15) is 4.31 Å². The van der Waals surface area contributed by atoms with Gasteiger partial charge in [0.1, 0.15) is 18.2 Å². The number of halogens is 1. The van der Waals surface area contributed by atoms with Crippen LogP contribution < -0.4 is 20.7 Å². The highest BCUT2D eigenvalue weighted by molar-refractivity contribution is 7.89. The predicted molar refractivity (Wildman–Crippen MR) is 141 cm³/mol. The van der Waals surface area contributed by atoms with Crippen LogP contribution in [0.25, 0.3) is 0 Å². The number of carbonyl (C=O) groups excluding carboxylic acids is 2. The van der Waals surface area contributed by atoms with Crippen LogP contribution >= 0.6 is 0 Å². The van der Waals surface area contributed by atoms with Crippen LogP contribution in [0.1, 0.15) is 37.3 Å². The van der Waals surface area contributed by atoms with E-state index in [2.05, 4.69) is 16.0 Å². The van der Waals surface area contributed by atoms with Crippen molar-refractivity contribution < 1.29 is 27.1 Å². The van der Waals surface area contributed by atoms with Crippen molar-refractivity contribution in [1.29, 1.82) is 0 Å². The molecule has 3 atom stereocenters. The second kappa shape index (κ2) is 12.2. The molecule has 2 heterocycles. The van der Waals surface area contributed by atoms with E-state index in [-0.39, 0.29) is 48.0 Å². The number of amides is 2. The highest BCUT2D eigenvalue weighted by Crippen LogP contribution is 2.22. The lowest BCUT2D eigenvalue weighted by Crippen LogP contribution is -2.54. The summed E-state index contributed by atoms with van der Waals surface area (Å²) in [6.45, 7) is 4.62. The van der Waals surface area contributed by atoms with Crippen LogP contribution in [0.3, 0.4) is 0 Å². The van der Waals surface area contributed by atoms with Gasteiger partial charge in [-0.1, -0.05) is 12.1 Å². The summed E-state index contributed by atoms with van der Waals surface area (Å²) >= 11 is 0. The Hall–Kier alpha value is -3.02. The van der Waals surface area contributed by atoms with Gasteiger partial charge in [0, 0.05) is 51.1 Å². The third kappa shape index (κ3) is 7.52. The smallest absolute Gasteiger partial charge is 0.243 e. The molecule has 0 saturated carbocycles. The molecule has 0 unspecified atom stereocenters. The first-order chi connectivity index (χ1) is 18.1. The minimum Gasteiger partial charge on any atom is -0.491 e. The van der Waals surface area contributed by atoms with E-state index >= 15 is 0 Å². The molecule has 2 aliphatic heterocycles. The highest BCUT2D eigenvalue weighted by Gasteiger charge is 2.31. The number of hydrogen-bond acceptors (Lipinski definition) is 6. The minimum atomic E-state index is -3.65. The van der Waals surface area contributed by atoms with Gasteiger partial charge in [0.05, 0.1) is 10.9 Å². The molecule has 0 spiro atoms. The van der Waals surface area contributed by atoms with Crippen LogP contribution in [0, 0.1) is 12.7 Å². The van der Waals surface area contributed by atoms with Crippen LogP contribution in [-0.4, -0.2) is 68.9 Å². The number of nitrogens with one attached hydrogen (secondary N) is 3. The van der Waals surface area contributed by atoms with Gasteiger partial charge in [-0.3, -0.25) is 9.59 Å². The number of rotatable bonds is 10. The van der Waals surface area contributed by atoms with Crippen LogP contribution in [0.2, 0.25) is 0 Å². The maximum absolute atomic E-state index is 14.4. The molecule has 2 amide bonds. The number of piperazine rings is 1. The summed E-state index contributed by atoms with van der Waals surface area (Å²) in [5, 5.41) is 9.11. The Morgan fingerprint density at radius 3 is 2.76 bits per heavy atom. The van der Waals surface area contributed by atoms with E-state index in [0.717, 1.165) is 5.56 Å². The molecule has 4 rings (SSSR count). The Labute approximate surface area is 223 Å². The number of benzene rings is 2. The van der Waals surface area contributed by atoms with E-state index in [0.29, 0.717) is 50.1 Å². The predicted octanol–water partition coefficient (Wildman–Crippen LogP) is 1.89. The van der Waals surface area contributed by atoms with Crippen molar-refractivity contribution in [1.82, 2.24) is 20.3 Å². The van der Waals surface area contributed by atoms with Gasteiger partial charge in [-0.05, 0) is 61.6 Å². The fourth-order valence-electron chi connectivity index (χ4n) is 5.03. The zero-order valence-corrected chi connectivity index (χ0v) is 22.5. The molecule has 2 saturated heterocycles. The molecule has 2 aromatic carbocycles. The third-order valence-corrected chi connectivity index (χ3v) is 8.63. The average molecular weight is 547 g/mol. The quantitative estimate of drug-likeness (QED) is 0.419. The molecule has 0 radical (unpaired) electrons. The van der Waals surface area contributed by atoms with Crippen molar-refractivity contribution in [2.45, 2.75) is 62.6 Å². The van der Waals surface area contributed by atoms with Gasteiger partial charge in [0.15, 0.2) is 0 Å². The lowest BCUT2D eigenvalue weighted by molar-refractivity contribution is -0.120. The molecular formula is C27H35FN4O5S. The van der Waals surface area contributed by atoms with E-state index < -0.39 is 15.8 Å². The fraction of sp³-hybridized carbons (Fsp3) is 0.481. The number of nitrogens with zero attached hydrogens (tertiary/aromatic N) is 1. The van der Waals surface area contributed by atoms with Crippen molar-refractivity contribution >= 4 is 21.8 Å². The highest BCUT2D eigenvalue weighted by atomic mass is 32.2. The standard InChI is InChI=1S/C27H35FN4O5S/c1-18-4-3-5-26(10-18)38(35,36)32-9-8-29-24(16-32)15-23(30-19(2)33)12-20-11-21(28)14-25(13-20)37-17-22-6-7-27(34)31-22/h3-5,10-11,13-14,22-24,29H,6-9,12,15-17H2,1-2H3,(H,30,33)(H,31,34)/t22-,23+,24+/m1/s1. The first-order valence-corrected chi connectivity index (χ1v) is 14.3. The molecular weight excluding hydrogens is 511 g/mol. The lowest BCUT2D eigenvalue weighted by atomic mass is 9.98. The van der Waals surface area contributed by atoms with E-state index in [1.807, 2.05) is 13.0 Å². The summed E-state index contributed by atoms with van der Waals surface area (Å²) in [6.07, 6.45) is 1.94. The van der Waals surface area contributed by atoms with Gasteiger partial charge < -0.3 is 20.7 Å². The largest absolute Gasteiger partial charge is 0.491 e. The van der Waals surface area contributed by atoms with Crippen molar-refractivity contribution in [3.05, 3.63) is 59.4 Å². The average Bonchev–Trinajstić information content (AvgIpc) is 3.27. The van der Waals surface area contributed by atoms with E-state index in [1.54, 1.807) is 24.3 Å². The summed E-state index contributed by atoms with van der Waals surface area (Å²) in [4.78, 5) is 23.6. The zero-order chi connectivity index (χ0) is 27.3. The van der Waals surface area contributed by atoms with Crippen LogP contribution in [0.4, 0.5) is 4.39 Å². The Morgan fingerprint density at radius 1 is 1.24 bits per heavy atom. The summed E-state index contributed by atoms with van der Waals surface area (Å²) in [5.41, 5.74) is 1.52. The maximum Gasteiger partial charge on any atom is 0.243 e. The van der Waals surface area contributed by atoms with Crippen LogP contribution in [-0.2, 0) is 26.0 Å². The summed E-state index contributed by atoms with van der Waals surface area (Å²) in [6, 6.07) is 10.6. The monoisotopic (exact) mass is 546 g/mol. The van der Waals surface area contributed by atoms with Gasteiger partial charge >= 0.3 is 0 Å². The summed E-state index contributed by atoms with van der Waals surface area (Å²) < 4.78 is 48.1. The number of aryl methyl sites for hydroxylation is 1. The Bertz CT molecular complexity index is 1270. The van der Waals surface area contributed by atoms with Crippen molar-refractivity contribution in [3.63, 3.8) is 0 Å². The number of sulfonamides is 1. The van der Waals surface area contributed by atoms with Crippen molar-refractivity contribution in [2.75, 3.05) is 26.2 Å². The third-order valence-electron chi connectivity index (χ3n) is 6.77. The molecule has 206 valence electrons. The molecule has 0 aromatic heterocycles. The maximum atomic E-state index is 14.4. The summed E-state index contributed by atoms with van der Waals surface area (Å²) in [7, 11) is -3.65. The van der Waals surface area contributed by atoms with Crippen LogP contribution in [0.15, 0.2) is 47.4 Å². The van der Waals surface area contributed by atoms with Gasteiger partial charge in [-0.15, -0.1) is 0 Å². The Kier molecular flexibility index (Phi) is 9.01. The van der Waals surface area contributed by atoms with Crippen molar-refractivity contribution in [2.24, 2.45) is 0 Å². The second-order valence-electron chi connectivity index (χ2n) is 10.1. The van der Waals surface area contributed by atoms with E-state index in [9.17, 15) is 22.4 Å². The topological polar surface area (TPSA) is 117 Å². The molecule has 9 nitrogen and oxygen atoms in total.